The van der Waals surface area contributed by atoms with Gasteiger partial charge in [-0.2, -0.15) is 0 Å². The van der Waals surface area contributed by atoms with Crippen molar-refractivity contribution in [1.82, 2.24) is 15.7 Å². The van der Waals surface area contributed by atoms with E-state index in [1.807, 2.05) is 30.3 Å². The predicted octanol–water partition coefficient (Wildman–Crippen LogP) is 3.59. The van der Waals surface area contributed by atoms with Crippen molar-refractivity contribution in [1.29, 1.82) is 0 Å². The van der Waals surface area contributed by atoms with Crippen LogP contribution in [0.2, 0.25) is 0 Å². The zero-order valence-corrected chi connectivity index (χ0v) is 20.3. The third-order valence-corrected chi connectivity index (χ3v) is 3.43. The summed E-state index contributed by atoms with van der Waals surface area (Å²) in [5.41, 5.74) is 1.74. The summed E-state index contributed by atoms with van der Waals surface area (Å²) in [5, 5.41) is 2.52. The molecule has 2 N–H and O–H groups in total. The molecule has 1 aromatic rings. The molecule has 0 heterocycles. The first-order chi connectivity index (χ1) is 15.3. The van der Waals surface area contributed by atoms with Crippen LogP contribution in [0.5, 0.6) is 0 Å². The Morgan fingerprint density at radius 2 is 1.58 bits per heavy atom. The number of hydroxylamine groups is 1. The van der Waals surface area contributed by atoms with Crippen LogP contribution >= 0.6 is 0 Å². The second kappa shape index (κ2) is 12.6. The molecule has 0 spiro atoms. The van der Waals surface area contributed by atoms with Gasteiger partial charge in [-0.3, -0.25) is 4.84 Å². The maximum Gasteiger partial charge on any atom is 0.437 e. The summed E-state index contributed by atoms with van der Waals surface area (Å²) in [7, 11) is 1.35. The lowest BCUT2D eigenvalue weighted by Crippen LogP contribution is -2.46. The highest BCUT2D eigenvalue weighted by atomic mass is 16.7. The van der Waals surface area contributed by atoms with Gasteiger partial charge in [0.25, 0.3) is 0 Å². The lowest BCUT2D eigenvalue weighted by Gasteiger charge is -2.25. The third-order valence-electron chi connectivity index (χ3n) is 3.43. The number of aliphatic imine (C=N–C) groups is 1. The highest BCUT2D eigenvalue weighted by molar-refractivity contribution is 5.98. The summed E-state index contributed by atoms with van der Waals surface area (Å²) in [6, 6.07) is 9.25. The Bertz CT molecular complexity index is 814. The second-order valence-electron chi connectivity index (χ2n) is 8.89. The van der Waals surface area contributed by atoms with Gasteiger partial charge in [-0.25, -0.2) is 24.8 Å². The Kier molecular flexibility index (Phi) is 10.6. The van der Waals surface area contributed by atoms with Gasteiger partial charge in [-0.05, 0) is 47.1 Å². The number of benzene rings is 1. The van der Waals surface area contributed by atoms with E-state index in [4.69, 9.17) is 19.0 Å². The van der Waals surface area contributed by atoms with Gasteiger partial charge < -0.3 is 19.5 Å². The van der Waals surface area contributed by atoms with Crippen LogP contribution < -0.4 is 10.8 Å². The predicted molar refractivity (Wildman–Crippen MR) is 121 cm³/mol. The highest BCUT2D eigenvalue weighted by Gasteiger charge is 2.25. The highest BCUT2D eigenvalue weighted by Crippen LogP contribution is 2.11. The molecule has 184 valence electrons. The first-order valence-corrected chi connectivity index (χ1v) is 10.4. The Morgan fingerprint density at radius 3 is 2.15 bits per heavy atom. The molecule has 33 heavy (non-hydrogen) atoms. The molecule has 0 radical (unpaired) electrons. The fourth-order valence-corrected chi connectivity index (χ4v) is 2.05. The number of alkyl carbamates (subject to hydrolysis) is 1. The maximum atomic E-state index is 12.3. The third kappa shape index (κ3) is 13.0. The number of hydrogen-bond donors (Lipinski definition) is 2. The molecule has 0 bridgehead atoms. The van der Waals surface area contributed by atoms with Gasteiger partial charge in [-0.15, -0.1) is 4.99 Å². The van der Waals surface area contributed by atoms with Gasteiger partial charge in [0, 0.05) is 13.6 Å². The number of nitrogens with one attached hydrogen (secondary N) is 2. The van der Waals surface area contributed by atoms with E-state index in [0.29, 0.717) is 0 Å². The topological polar surface area (TPSA) is 128 Å². The van der Waals surface area contributed by atoms with Crippen LogP contribution in [0.1, 0.15) is 47.1 Å². The zero-order valence-electron chi connectivity index (χ0n) is 20.3. The molecular formula is C22H34N4O7. The van der Waals surface area contributed by atoms with E-state index in [2.05, 4.69) is 15.8 Å². The zero-order chi connectivity index (χ0) is 25.1. The Hall–Kier alpha value is -3.34. The molecule has 0 aromatic heterocycles. The van der Waals surface area contributed by atoms with Crippen molar-refractivity contribution in [2.75, 3.05) is 20.2 Å². The molecule has 0 aliphatic heterocycles. The number of nitrogens with zero attached hydrogens (tertiary/aromatic N) is 2. The normalized spacial score (nSPS) is 11.9. The van der Waals surface area contributed by atoms with Gasteiger partial charge in [0.05, 0.1) is 6.61 Å². The SMILES string of the molecule is CN(C(=O)OC(C)(C)C)C(=NC(=O)OC(C)(C)C)NOCCNC(=O)OCc1ccccc1. The number of carbonyl (C=O) groups excluding carboxylic acids is 3. The largest absolute Gasteiger partial charge is 0.445 e. The minimum Gasteiger partial charge on any atom is -0.445 e. The minimum absolute atomic E-state index is 0.0179. The van der Waals surface area contributed by atoms with Crippen molar-refractivity contribution in [2.45, 2.75) is 59.4 Å². The summed E-state index contributed by atoms with van der Waals surface area (Å²) >= 11 is 0. The average molecular weight is 467 g/mol. The van der Waals surface area contributed by atoms with Gasteiger partial charge in [0.15, 0.2) is 0 Å². The van der Waals surface area contributed by atoms with Crippen LogP contribution in [0.3, 0.4) is 0 Å². The van der Waals surface area contributed by atoms with Crippen molar-refractivity contribution in [3.8, 4) is 0 Å². The number of ether oxygens (including phenoxy) is 3. The smallest absolute Gasteiger partial charge is 0.437 e. The fourth-order valence-electron chi connectivity index (χ4n) is 2.05. The first-order valence-electron chi connectivity index (χ1n) is 10.4. The van der Waals surface area contributed by atoms with E-state index in [-0.39, 0.29) is 25.7 Å². The molecule has 0 unspecified atom stereocenters. The molecule has 0 aliphatic rings. The molecule has 11 nitrogen and oxygen atoms in total. The van der Waals surface area contributed by atoms with Crippen LogP contribution in [0.15, 0.2) is 35.3 Å². The van der Waals surface area contributed by atoms with Gasteiger partial charge >= 0.3 is 18.3 Å². The van der Waals surface area contributed by atoms with E-state index in [1.165, 1.54) is 7.05 Å². The molecular weight excluding hydrogens is 432 g/mol. The van der Waals surface area contributed by atoms with E-state index in [9.17, 15) is 14.4 Å². The van der Waals surface area contributed by atoms with Gasteiger partial charge in [0.1, 0.15) is 17.8 Å². The van der Waals surface area contributed by atoms with E-state index >= 15 is 0 Å². The van der Waals surface area contributed by atoms with E-state index in [1.54, 1.807) is 41.5 Å². The van der Waals surface area contributed by atoms with Crippen LogP contribution in [-0.2, 0) is 25.7 Å². The Labute approximate surface area is 194 Å². The summed E-state index contributed by atoms with van der Waals surface area (Å²) in [4.78, 5) is 46.1. The molecule has 1 rings (SSSR count). The monoisotopic (exact) mass is 466 g/mol. The van der Waals surface area contributed by atoms with Gasteiger partial charge in [0.2, 0.25) is 5.96 Å². The van der Waals surface area contributed by atoms with Crippen molar-refractivity contribution in [3.63, 3.8) is 0 Å². The molecule has 3 amide bonds. The minimum atomic E-state index is -0.924. The fraction of sp³-hybridized carbons (Fsp3) is 0.545. The first kappa shape index (κ1) is 27.7. The Morgan fingerprint density at radius 1 is 0.970 bits per heavy atom. The number of rotatable bonds is 6. The molecule has 0 fully saturated rings. The second-order valence-corrected chi connectivity index (χ2v) is 8.89. The molecule has 0 atom stereocenters. The summed E-state index contributed by atoms with van der Waals surface area (Å²) in [6.45, 7) is 10.4. The summed E-state index contributed by atoms with van der Waals surface area (Å²) in [5.74, 6) is -0.245. The standard InChI is InChI=1S/C22H34N4O7/c1-21(2,3)32-19(28)24-17(26(7)20(29)33-22(4,5)6)25-31-14-13-23-18(27)30-15-16-11-9-8-10-12-16/h8-12H,13-15H2,1-7H3,(H,23,27)(H,24,25,28). The van der Waals surface area contributed by atoms with E-state index in [0.717, 1.165) is 10.5 Å². The van der Waals surface area contributed by atoms with Crippen LogP contribution in [0, 0.1) is 0 Å². The maximum absolute atomic E-state index is 12.3. The number of hydrogen-bond acceptors (Lipinski definition) is 7. The van der Waals surface area contributed by atoms with Crippen LogP contribution in [-0.4, -0.2) is 60.5 Å². The Balaban J connectivity index is 2.58. The molecule has 0 aliphatic carbocycles. The summed E-state index contributed by atoms with van der Waals surface area (Å²) < 4.78 is 15.5. The van der Waals surface area contributed by atoms with Crippen molar-refractivity contribution < 1.29 is 33.4 Å². The lowest BCUT2D eigenvalue weighted by molar-refractivity contribution is 0.0335. The van der Waals surface area contributed by atoms with Crippen molar-refractivity contribution >= 4 is 24.2 Å². The number of amides is 3. The van der Waals surface area contributed by atoms with Crippen molar-refractivity contribution in [2.24, 2.45) is 4.99 Å². The van der Waals surface area contributed by atoms with Gasteiger partial charge in [-0.1, -0.05) is 30.3 Å². The lowest BCUT2D eigenvalue weighted by atomic mass is 10.2. The van der Waals surface area contributed by atoms with Crippen LogP contribution in [0.4, 0.5) is 14.4 Å². The molecule has 11 heteroatoms. The van der Waals surface area contributed by atoms with Crippen molar-refractivity contribution in [3.05, 3.63) is 35.9 Å². The quantitative estimate of drug-likeness (QED) is 0.214. The average Bonchev–Trinajstić information content (AvgIpc) is 2.68. The molecule has 0 saturated carbocycles. The van der Waals surface area contributed by atoms with Crippen LogP contribution in [0.25, 0.3) is 0 Å². The molecule has 0 saturated heterocycles. The number of carbonyl (C=O) groups is 3. The van der Waals surface area contributed by atoms with E-state index < -0.39 is 29.5 Å². The molecule has 1 aromatic carbocycles. The summed E-state index contributed by atoms with van der Waals surface area (Å²) in [6.07, 6.45) is -2.30. The number of guanidine groups is 1.